The summed E-state index contributed by atoms with van der Waals surface area (Å²) >= 11 is 0. The Morgan fingerprint density at radius 1 is 1.53 bits per heavy atom. The molecule has 3 fully saturated rings. The van der Waals surface area contributed by atoms with Gasteiger partial charge in [0.25, 0.3) is 0 Å². The molecule has 0 aromatic carbocycles. The first-order valence-electron chi connectivity index (χ1n) is 5.88. The number of rotatable bonds is 4. The van der Waals surface area contributed by atoms with Crippen LogP contribution in [0, 0.1) is 23.7 Å². The molecule has 0 amide bonds. The normalized spacial score (nSPS) is 51.3. The van der Waals surface area contributed by atoms with E-state index in [-0.39, 0.29) is 11.7 Å². The summed E-state index contributed by atoms with van der Waals surface area (Å²) in [7, 11) is 0. The van der Waals surface area contributed by atoms with Crippen LogP contribution in [0.15, 0.2) is 0 Å². The molecule has 0 unspecified atom stereocenters. The van der Waals surface area contributed by atoms with E-state index in [2.05, 4.69) is 6.92 Å². The van der Waals surface area contributed by atoms with Crippen LogP contribution in [0.25, 0.3) is 0 Å². The van der Waals surface area contributed by atoms with Crippen molar-refractivity contribution in [2.45, 2.75) is 32.5 Å². The number of ketones is 1. The molecule has 2 saturated carbocycles. The van der Waals surface area contributed by atoms with E-state index in [9.17, 15) is 4.79 Å². The van der Waals surface area contributed by atoms with E-state index in [4.69, 9.17) is 9.47 Å². The summed E-state index contributed by atoms with van der Waals surface area (Å²) in [6, 6.07) is 0. The minimum atomic E-state index is -0.339. The fourth-order valence-electron chi connectivity index (χ4n) is 2.80. The minimum Gasteiger partial charge on any atom is -0.350 e. The highest BCUT2D eigenvalue weighted by Gasteiger charge is 2.58. The number of Topliss-reactive ketones (excluding diaryl/α,β-unsaturated/α-hetero) is 1. The molecule has 0 aromatic heterocycles. The third kappa shape index (κ3) is 1.62. The van der Waals surface area contributed by atoms with Gasteiger partial charge in [0.2, 0.25) is 0 Å². The molecule has 3 heteroatoms. The molecule has 0 aromatic rings. The Labute approximate surface area is 90.1 Å². The SMILES string of the molecule is CC(=O)[C@H]1C[C@H]1CO[C@@]1(C)OC[C@H]2C[C@H]21. The maximum absolute atomic E-state index is 11.1. The van der Waals surface area contributed by atoms with E-state index in [0.717, 1.165) is 18.9 Å². The number of ether oxygens (including phenoxy) is 2. The van der Waals surface area contributed by atoms with Crippen molar-refractivity contribution in [3.8, 4) is 0 Å². The van der Waals surface area contributed by atoms with E-state index in [1.54, 1.807) is 6.92 Å². The summed E-state index contributed by atoms with van der Waals surface area (Å²) in [5, 5.41) is 0. The fraction of sp³-hybridized carbons (Fsp3) is 0.917. The van der Waals surface area contributed by atoms with Gasteiger partial charge in [0.05, 0.1) is 13.2 Å². The third-order valence-corrected chi connectivity index (χ3v) is 4.21. The molecule has 0 radical (unpaired) electrons. The van der Waals surface area contributed by atoms with Gasteiger partial charge in [-0.3, -0.25) is 4.79 Å². The smallest absolute Gasteiger partial charge is 0.168 e. The number of fused-ring (bicyclic) bond motifs is 1. The monoisotopic (exact) mass is 210 g/mol. The number of carbonyl (C=O) groups excluding carboxylic acids is 1. The van der Waals surface area contributed by atoms with Crippen LogP contribution in [0.4, 0.5) is 0 Å². The molecule has 84 valence electrons. The number of hydrogen-bond acceptors (Lipinski definition) is 3. The Bertz CT molecular complexity index is 301. The van der Waals surface area contributed by atoms with Crippen molar-refractivity contribution in [3.05, 3.63) is 0 Å². The average molecular weight is 210 g/mol. The van der Waals surface area contributed by atoms with E-state index in [1.165, 1.54) is 6.42 Å². The molecular formula is C12H18O3. The van der Waals surface area contributed by atoms with Crippen molar-refractivity contribution in [3.63, 3.8) is 0 Å². The van der Waals surface area contributed by atoms with Gasteiger partial charge < -0.3 is 9.47 Å². The van der Waals surface area contributed by atoms with Gasteiger partial charge in [-0.15, -0.1) is 0 Å². The summed E-state index contributed by atoms with van der Waals surface area (Å²) in [5.41, 5.74) is 0. The second kappa shape index (κ2) is 3.05. The molecule has 0 bridgehead atoms. The molecule has 3 aliphatic rings. The molecule has 3 rings (SSSR count). The lowest BCUT2D eigenvalue weighted by atomic mass is 10.2. The Balaban J connectivity index is 1.49. The number of hydrogen-bond donors (Lipinski definition) is 0. The van der Waals surface area contributed by atoms with Crippen LogP contribution in [-0.2, 0) is 14.3 Å². The molecule has 0 N–H and O–H groups in total. The van der Waals surface area contributed by atoms with Crippen LogP contribution in [0.1, 0.15) is 26.7 Å². The Hall–Kier alpha value is -0.410. The molecule has 1 aliphatic heterocycles. The molecule has 5 atom stereocenters. The van der Waals surface area contributed by atoms with Gasteiger partial charge in [0.15, 0.2) is 5.79 Å². The second-order valence-corrected chi connectivity index (χ2v) is 5.45. The largest absolute Gasteiger partial charge is 0.350 e. The summed E-state index contributed by atoms with van der Waals surface area (Å²) in [4.78, 5) is 11.1. The Morgan fingerprint density at radius 2 is 2.33 bits per heavy atom. The van der Waals surface area contributed by atoms with E-state index in [1.807, 2.05) is 0 Å². The predicted octanol–water partition coefficient (Wildman–Crippen LogP) is 1.61. The van der Waals surface area contributed by atoms with Gasteiger partial charge in [0.1, 0.15) is 5.78 Å². The highest BCUT2D eigenvalue weighted by atomic mass is 16.7. The van der Waals surface area contributed by atoms with Gasteiger partial charge in [-0.1, -0.05) is 0 Å². The van der Waals surface area contributed by atoms with Crippen molar-refractivity contribution in [1.29, 1.82) is 0 Å². The lowest BCUT2D eigenvalue weighted by molar-refractivity contribution is -0.218. The zero-order chi connectivity index (χ0) is 10.6. The van der Waals surface area contributed by atoms with Crippen molar-refractivity contribution < 1.29 is 14.3 Å². The lowest BCUT2D eigenvalue weighted by Crippen LogP contribution is -2.32. The van der Waals surface area contributed by atoms with Gasteiger partial charge in [-0.05, 0) is 38.5 Å². The summed E-state index contributed by atoms with van der Waals surface area (Å²) in [6.45, 7) is 5.29. The maximum atomic E-state index is 11.1. The lowest BCUT2D eigenvalue weighted by Gasteiger charge is -2.26. The first-order valence-corrected chi connectivity index (χ1v) is 5.88. The zero-order valence-electron chi connectivity index (χ0n) is 9.36. The van der Waals surface area contributed by atoms with E-state index < -0.39 is 0 Å². The average Bonchev–Trinajstić information content (AvgIpc) is 3.07. The molecule has 1 saturated heterocycles. The first kappa shape index (κ1) is 9.79. The highest BCUT2D eigenvalue weighted by molar-refractivity contribution is 5.81. The van der Waals surface area contributed by atoms with Crippen molar-refractivity contribution in [1.82, 2.24) is 0 Å². The van der Waals surface area contributed by atoms with Crippen molar-refractivity contribution in [2.75, 3.05) is 13.2 Å². The first-order chi connectivity index (χ1) is 7.10. The molecule has 3 nitrogen and oxygen atoms in total. The summed E-state index contributed by atoms with van der Waals surface area (Å²) < 4.78 is 11.5. The van der Waals surface area contributed by atoms with Crippen molar-refractivity contribution in [2.24, 2.45) is 23.7 Å². The maximum Gasteiger partial charge on any atom is 0.168 e. The molecular weight excluding hydrogens is 192 g/mol. The standard InChI is InChI=1S/C12H18O3/c1-7(13)10-3-8(10)5-14-12(2)11-4-9(11)6-15-12/h8-11H,3-6H2,1-2H3/t8-,9+,10+,11+,12-/m0/s1. The second-order valence-electron chi connectivity index (χ2n) is 5.45. The van der Waals surface area contributed by atoms with Crippen LogP contribution >= 0.6 is 0 Å². The van der Waals surface area contributed by atoms with Gasteiger partial charge >= 0.3 is 0 Å². The zero-order valence-corrected chi connectivity index (χ0v) is 9.36. The molecule has 1 heterocycles. The van der Waals surface area contributed by atoms with Crippen LogP contribution < -0.4 is 0 Å². The van der Waals surface area contributed by atoms with E-state index >= 15 is 0 Å². The van der Waals surface area contributed by atoms with Crippen molar-refractivity contribution >= 4 is 5.78 Å². The van der Waals surface area contributed by atoms with Crippen LogP contribution in [0.5, 0.6) is 0 Å². The molecule has 2 aliphatic carbocycles. The molecule has 0 spiro atoms. The predicted molar refractivity (Wildman–Crippen MR) is 54.2 cm³/mol. The summed E-state index contributed by atoms with van der Waals surface area (Å²) in [6.07, 6.45) is 2.27. The Morgan fingerprint density at radius 3 is 2.80 bits per heavy atom. The summed E-state index contributed by atoms with van der Waals surface area (Å²) in [5.74, 6) is 2.06. The highest BCUT2D eigenvalue weighted by Crippen LogP contribution is 2.55. The van der Waals surface area contributed by atoms with E-state index in [0.29, 0.717) is 24.2 Å². The third-order valence-electron chi connectivity index (χ3n) is 4.21. The van der Waals surface area contributed by atoms with Gasteiger partial charge in [0, 0.05) is 11.8 Å². The Kier molecular flexibility index (Phi) is 1.99. The molecule has 15 heavy (non-hydrogen) atoms. The van der Waals surface area contributed by atoms with Crippen LogP contribution in [-0.4, -0.2) is 24.8 Å². The minimum absolute atomic E-state index is 0.269. The topological polar surface area (TPSA) is 35.5 Å². The quantitative estimate of drug-likeness (QED) is 0.707. The van der Waals surface area contributed by atoms with Gasteiger partial charge in [-0.2, -0.15) is 0 Å². The van der Waals surface area contributed by atoms with Crippen LogP contribution in [0.3, 0.4) is 0 Å². The van der Waals surface area contributed by atoms with Gasteiger partial charge in [-0.25, -0.2) is 0 Å². The number of carbonyl (C=O) groups is 1. The fourth-order valence-corrected chi connectivity index (χ4v) is 2.80. The van der Waals surface area contributed by atoms with Crippen LogP contribution in [0.2, 0.25) is 0 Å².